The number of ether oxygens (including phenoxy) is 1. The van der Waals surface area contributed by atoms with E-state index in [4.69, 9.17) is 27.9 Å². The van der Waals surface area contributed by atoms with Gasteiger partial charge in [-0.05, 0) is 35.9 Å². The lowest BCUT2D eigenvalue weighted by molar-refractivity contribution is 0.0950. The molecule has 7 heteroatoms. The Kier molecular flexibility index (Phi) is 5.81. The zero-order valence-electron chi connectivity index (χ0n) is 14.1. The van der Waals surface area contributed by atoms with Crippen molar-refractivity contribution < 1.29 is 9.53 Å². The summed E-state index contributed by atoms with van der Waals surface area (Å²) in [7, 11) is 1.83. The van der Waals surface area contributed by atoms with Gasteiger partial charge in [-0.25, -0.2) is 0 Å². The minimum Gasteiger partial charge on any atom is -0.487 e. The molecule has 0 unspecified atom stereocenters. The minimum atomic E-state index is -0.158. The van der Waals surface area contributed by atoms with E-state index in [0.29, 0.717) is 27.9 Å². The molecule has 2 aromatic carbocycles. The predicted molar refractivity (Wildman–Crippen MR) is 102 cm³/mol. The predicted octanol–water partition coefficient (Wildman–Crippen LogP) is 4.24. The van der Waals surface area contributed by atoms with E-state index in [1.807, 2.05) is 25.2 Å². The molecule has 1 heterocycles. The molecule has 1 amide bonds. The van der Waals surface area contributed by atoms with Crippen molar-refractivity contribution in [1.82, 2.24) is 15.1 Å². The van der Waals surface area contributed by atoms with Gasteiger partial charge in [0.15, 0.2) is 0 Å². The van der Waals surface area contributed by atoms with Gasteiger partial charge in [-0.3, -0.25) is 9.48 Å². The number of hydrogen-bond acceptors (Lipinski definition) is 3. The maximum atomic E-state index is 12.4. The second-order valence-electron chi connectivity index (χ2n) is 5.67. The summed E-state index contributed by atoms with van der Waals surface area (Å²) in [5.74, 6) is 0.346. The number of aromatic nitrogens is 2. The molecule has 3 aromatic rings. The Balaban J connectivity index is 1.63. The summed E-state index contributed by atoms with van der Waals surface area (Å²) < 4.78 is 7.43. The topological polar surface area (TPSA) is 56.2 Å². The van der Waals surface area contributed by atoms with Crippen LogP contribution < -0.4 is 10.1 Å². The third kappa shape index (κ3) is 4.36. The first-order valence-corrected chi connectivity index (χ1v) is 8.71. The number of hydrogen-bond donors (Lipinski definition) is 1. The lowest BCUT2D eigenvalue weighted by Gasteiger charge is -2.10. The number of aryl methyl sites for hydroxylation is 1. The zero-order valence-corrected chi connectivity index (χ0v) is 15.6. The molecule has 0 bridgehead atoms. The molecular formula is C19H17Cl2N3O2. The maximum absolute atomic E-state index is 12.4. The molecule has 0 spiro atoms. The second kappa shape index (κ2) is 8.25. The average Bonchev–Trinajstić information content (AvgIpc) is 3.06. The fraction of sp³-hybridized carbons (Fsp3) is 0.158. The van der Waals surface area contributed by atoms with Crippen molar-refractivity contribution in [2.45, 2.75) is 13.2 Å². The SMILES string of the molecule is Cn1nccc1CNC(=O)c1cccc(COc2cccc(Cl)c2Cl)c1. The fourth-order valence-electron chi connectivity index (χ4n) is 2.41. The summed E-state index contributed by atoms with van der Waals surface area (Å²) in [6.45, 7) is 0.692. The van der Waals surface area contributed by atoms with Gasteiger partial charge in [-0.2, -0.15) is 5.10 Å². The molecule has 0 saturated carbocycles. The van der Waals surface area contributed by atoms with Crippen molar-refractivity contribution in [3.05, 3.63) is 81.6 Å². The minimum absolute atomic E-state index is 0.158. The quantitative estimate of drug-likeness (QED) is 0.685. The number of amides is 1. The number of nitrogens with one attached hydrogen (secondary N) is 1. The first kappa shape index (κ1) is 18.3. The Labute approximate surface area is 161 Å². The van der Waals surface area contributed by atoms with Crippen molar-refractivity contribution in [2.24, 2.45) is 7.05 Å². The van der Waals surface area contributed by atoms with Gasteiger partial charge in [0.25, 0.3) is 5.91 Å². The maximum Gasteiger partial charge on any atom is 0.251 e. The highest BCUT2D eigenvalue weighted by Crippen LogP contribution is 2.31. The number of benzene rings is 2. The Hall–Kier alpha value is -2.50. The number of rotatable bonds is 6. The lowest BCUT2D eigenvalue weighted by atomic mass is 10.1. The Morgan fingerprint density at radius 1 is 1.19 bits per heavy atom. The van der Waals surface area contributed by atoms with Crippen LogP contribution in [0.1, 0.15) is 21.6 Å². The van der Waals surface area contributed by atoms with E-state index >= 15 is 0 Å². The van der Waals surface area contributed by atoms with Crippen molar-refractivity contribution in [3.63, 3.8) is 0 Å². The highest BCUT2D eigenvalue weighted by atomic mass is 35.5. The summed E-state index contributed by atoms with van der Waals surface area (Å²) in [6.07, 6.45) is 1.69. The number of carbonyl (C=O) groups is 1. The molecule has 0 aliphatic heterocycles. The number of carbonyl (C=O) groups excluding carboxylic acids is 1. The van der Waals surface area contributed by atoms with Crippen LogP contribution in [-0.2, 0) is 20.2 Å². The summed E-state index contributed by atoms with van der Waals surface area (Å²) in [5.41, 5.74) is 2.34. The van der Waals surface area contributed by atoms with Gasteiger partial charge >= 0.3 is 0 Å². The standard InChI is InChI=1S/C19H17Cl2N3O2/c1-24-15(8-9-23-24)11-22-19(25)14-5-2-4-13(10-14)12-26-17-7-3-6-16(20)18(17)21/h2-10H,11-12H2,1H3,(H,22,25). The van der Waals surface area contributed by atoms with Crippen LogP contribution in [0.15, 0.2) is 54.7 Å². The number of nitrogens with zero attached hydrogens (tertiary/aromatic N) is 2. The normalized spacial score (nSPS) is 10.6. The van der Waals surface area contributed by atoms with Crippen LogP contribution >= 0.6 is 23.2 Å². The average molecular weight is 390 g/mol. The van der Waals surface area contributed by atoms with Crippen molar-refractivity contribution in [1.29, 1.82) is 0 Å². The van der Waals surface area contributed by atoms with Gasteiger partial charge < -0.3 is 10.1 Å². The molecule has 0 atom stereocenters. The van der Waals surface area contributed by atoms with E-state index in [2.05, 4.69) is 10.4 Å². The Morgan fingerprint density at radius 3 is 2.77 bits per heavy atom. The Morgan fingerprint density at radius 2 is 2.00 bits per heavy atom. The molecule has 5 nitrogen and oxygen atoms in total. The molecule has 0 aliphatic carbocycles. The molecular weight excluding hydrogens is 373 g/mol. The van der Waals surface area contributed by atoms with Gasteiger partial charge in [-0.1, -0.05) is 41.4 Å². The smallest absolute Gasteiger partial charge is 0.251 e. The second-order valence-corrected chi connectivity index (χ2v) is 6.46. The molecule has 0 aliphatic rings. The first-order chi connectivity index (χ1) is 12.5. The molecule has 0 radical (unpaired) electrons. The first-order valence-electron chi connectivity index (χ1n) is 7.95. The molecule has 0 fully saturated rings. The Bertz CT molecular complexity index is 925. The fourth-order valence-corrected chi connectivity index (χ4v) is 2.75. The van der Waals surface area contributed by atoms with Gasteiger partial charge in [0.05, 0.1) is 17.3 Å². The van der Waals surface area contributed by atoms with E-state index < -0.39 is 0 Å². The van der Waals surface area contributed by atoms with Gasteiger partial charge in [0.2, 0.25) is 0 Å². The summed E-state index contributed by atoms with van der Waals surface area (Å²) in [6, 6.07) is 14.3. The zero-order chi connectivity index (χ0) is 18.5. The van der Waals surface area contributed by atoms with E-state index in [1.165, 1.54) is 0 Å². The van der Waals surface area contributed by atoms with E-state index in [0.717, 1.165) is 11.3 Å². The van der Waals surface area contributed by atoms with Gasteiger partial charge in [0, 0.05) is 18.8 Å². The number of halogens is 2. The van der Waals surface area contributed by atoms with Crippen LogP contribution in [0.5, 0.6) is 5.75 Å². The lowest BCUT2D eigenvalue weighted by Crippen LogP contribution is -2.24. The summed E-state index contributed by atoms with van der Waals surface area (Å²) in [4.78, 5) is 12.4. The molecule has 134 valence electrons. The monoisotopic (exact) mass is 389 g/mol. The van der Waals surface area contributed by atoms with Crippen molar-refractivity contribution in [2.75, 3.05) is 0 Å². The van der Waals surface area contributed by atoms with Gasteiger partial charge in [-0.15, -0.1) is 0 Å². The third-order valence-electron chi connectivity index (χ3n) is 3.85. The van der Waals surface area contributed by atoms with Crippen molar-refractivity contribution >= 4 is 29.1 Å². The molecule has 0 saturated heterocycles. The highest BCUT2D eigenvalue weighted by molar-refractivity contribution is 6.42. The van der Waals surface area contributed by atoms with Crippen LogP contribution in [0.4, 0.5) is 0 Å². The van der Waals surface area contributed by atoms with Crippen LogP contribution in [0, 0.1) is 0 Å². The summed E-state index contributed by atoms with van der Waals surface area (Å²) >= 11 is 12.1. The van der Waals surface area contributed by atoms with Crippen LogP contribution in [-0.4, -0.2) is 15.7 Å². The van der Waals surface area contributed by atoms with Crippen LogP contribution in [0.3, 0.4) is 0 Å². The molecule has 3 rings (SSSR count). The van der Waals surface area contributed by atoms with Crippen LogP contribution in [0.2, 0.25) is 10.0 Å². The largest absolute Gasteiger partial charge is 0.487 e. The van der Waals surface area contributed by atoms with E-state index in [1.54, 1.807) is 41.2 Å². The van der Waals surface area contributed by atoms with Crippen molar-refractivity contribution in [3.8, 4) is 5.75 Å². The third-order valence-corrected chi connectivity index (χ3v) is 4.65. The molecule has 1 N–H and O–H groups in total. The van der Waals surface area contributed by atoms with Crippen LogP contribution in [0.25, 0.3) is 0 Å². The molecule has 1 aromatic heterocycles. The van der Waals surface area contributed by atoms with Gasteiger partial charge in [0.1, 0.15) is 17.4 Å². The highest BCUT2D eigenvalue weighted by Gasteiger charge is 2.09. The summed E-state index contributed by atoms with van der Waals surface area (Å²) in [5, 5.41) is 7.77. The van der Waals surface area contributed by atoms with E-state index in [9.17, 15) is 4.79 Å². The molecule has 26 heavy (non-hydrogen) atoms. The van der Waals surface area contributed by atoms with E-state index in [-0.39, 0.29) is 12.5 Å².